The van der Waals surface area contributed by atoms with Gasteiger partial charge in [-0.1, -0.05) is 41.9 Å². The molecule has 5 rings (SSSR count). The molecule has 0 N–H and O–H groups in total. The molecule has 1 aliphatic rings. The number of halogens is 4. The van der Waals surface area contributed by atoms with Gasteiger partial charge in [-0.3, -0.25) is 4.79 Å². The van der Waals surface area contributed by atoms with Crippen LogP contribution in [0.3, 0.4) is 0 Å². The van der Waals surface area contributed by atoms with Gasteiger partial charge in [-0.15, -0.1) is 22.6 Å². The maximum atomic E-state index is 13.4. The van der Waals surface area contributed by atoms with Gasteiger partial charge in [0.15, 0.2) is 5.82 Å². The van der Waals surface area contributed by atoms with Gasteiger partial charge in [0.25, 0.3) is 0 Å². The fourth-order valence-corrected chi connectivity index (χ4v) is 4.79. The van der Waals surface area contributed by atoms with Crippen LogP contribution in [0.4, 0.5) is 14.6 Å². The standard InChI is InChI=1S/C27H23ClF2N4O.ClH/c1-17-16-33(12-13-34(17)25(35)15-18-6-11-24(30)23(28)14-18)27-22-5-3-2-4-21(22)26(31-32-27)19-7-9-20(29)10-8-19;/h2-11,14,17H,12-13,15-16H2,1H3;1H/t17-;/m0./s1. The van der Waals surface area contributed by atoms with Crippen LogP contribution in [-0.2, 0) is 11.2 Å². The Balaban J connectivity index is 0.00000304. The number of hydrogen-bond acceptors (Lipinski definition) is 4. The summed E-state index contributed by atoms with van der Waals surface area (Å²) in [5, 5.41) is 10.9. The van der Waals surface area contributed by atoms with Crippen LogP contribution in [-0.4, -0.2) is 46.7 Å². The first kappa shape index (κ1) is 25.8. The topological polar surface area (TPSA) is 49.3 Å². The maximum Gasteiger partial charge on any atom is 0.227 e. The summed E-state index contributed by atoms with van der Waals surface area (Å²) in [5.41, 5.74) is 2.18. The molecule has 4 aromatic rings. The second-order valence-electron chi connectivity index (χ2n) is 8.73. The van der Waals surface area contributed by atoms with E-state index in [1.54, 1.807) is 18.2 Å². The molecular weight excluding hydrogens is 505 g/mol. The van der Waals surface area contributed by atoms with E-state index in [2.05, 4.69) is 15.1 Å². The number of amides is 1. The molecule has 2 heterocycles. The number of hydrogen-bond donors (Lipinski definition) is 0. The molecule has 3 aromatic carbocycles. The Morgan fingerprint density at radius 2 is 1.72 bits per heavy atom. The zero-order valence-corrected chi connectivity index (χ0v) is 21.1. The lowest BCUT2D eigenvalue weighted by atomic mass is 10.0. The third-order valence-corrected chi connectivity index (χ3v) is 6.66. The van der Waals surface area contributed by atoms with Gasteiger partial charge < -0.3 is 9.80 Å². The summed E-state index contributed by atoms with van der Waals surface area (Å²) in [4.78, 5) is 17.0. The molecule has 0 saturated carbocycles. The first-order valence-electron chi connectivity index (χ1n) is 11.4. The number of aromatic nitrogens is 2. The van der Waals surface area contributed by atoms with Gasteiger partial charge in [-0.05, 0) is 48.9 Å². The molecule has 186 valence electrons. The third-order valence-electron chi connectivity index (χ3n) is 6.37. The molecular formula is C27H24Cl2F2N4O. The molecule has 0 radical (unpaired) electrons. The fourth-order valence-electron chi connectivity index (χ4n) is 4.59. The summed E-state index contributed by atoms with van der Waals surface area (Å²) in [5.74, 6) is -0.0617. The minimum Gasteiger partial charge on any atom is -0.351 e. The molecule has 0 aliphatic carbocycles. The molecule has 1 saturated heterocycles. The van der Waals surface area contributed by atoms with Gasteiger partial charge in [0.2, 0.25) is 5.91 Å². The van der Waals surface area contributed by atoms with Crippen LogP contribution in [0.1, 0.15) is 12.5 Å². The minimum absolute atomic E-state index is 0. The maximum absolute atomic E-state index is 13.4. The zero-order valence-electron chi connectivity index (χ0n) is 19.5. The van der Waals surface area contributed by atoms with Crippen LogP contribution >= 0.6 is 24.0 Å². The van der Waals surface area contributed by atoms with Crippen LogP contribution in [0.5, 0.6) is 0 Å². The summed E-state index contributed by atoms with van der Waals surface area (Å²) in [6.45, 7) is 3.74. The van der Waals surface area contributed by atoms with Crippen molar-refractivity contribution in [2.24, 2.45) is 0 Å². The average Bonchev–Trinajstić information content (AvgIpc) is 2.86. The lowest BCUT2D eigenvalue weighted by molar-refractivity contribution is -0.132. The molecule has 36 heavy (non-hydrogen) atoms. The lowest BCUT2D eigenvalue weighted by Gasteiger charge is -2.40. The Morgan fingerprint density at radius 1 is 1.00 bits per heavy atom. The van der Waals surface area contributed by atoms with E-state index < -0.39 is 5.82 Å². The Bertz CT molecular complexity index is 1400. The number of rotatable bonds is 4. The van der Waals surface area contributed by atoms with Crippen molar-refractivity contribution in [3.63, 3.8) is 0 Å². The van der Waals surface area contributed by atoms with Crippen molar-refractivity contribution in [3.05, 3.63) is 89.0 Å². The Labute approximate surface area is 219 Å². The predicted molar refractivity (Wildman–Crippen MR) is 141 cm³/mol. The number of benzene rings is 3. The van der Waals surface area contributed by atoms with Gasteiger partial charge in [0, 0.05) is 42.0 Å². The first-order valence-corrected chi connectivity index (χ1v) is 11.8. The number of carbonyl (C=O) groups is 1. The normalized spacial score (nSPS) is 15.6. The molecule has 0 spiro atoms. The molecule has 0 unspecified atom stereocenters. The summed E-state index contributed by atoms with van der Waals surface area (Å²) in [7, 11) is 0. The van der Waals surface area contributed by atoms with E-state index in [4.69, 9.17) is 11.6 Å². The monoisotopic (exact) mass is 528 g/mol. The van der Waals surface area contributed by atoms with Crippen molar-refractivity contribution in [1.29, 1.82) is 0 Å². The Kier molecular flexibility index (Phi) is 7.71. The molecule has 1 atom stereocenters. The highest BCUT2D eigenvalue weighted by molar-refractivity contribution is 6.30. The second-order valence-corrected chi connectivity index (χ2v) is 9.14. The van der Waals surface area contributed by atoms with Crippen molar-refractivity contribution in [2.75, 3.05) is 24.5 Å². The van der Waals surface area contributed by atoms with E-state index in [1.165, 1.54) is 24.3 Å². The van der Waals surface area contributed by atoms with E-state index in [0.29, 0.717) is 30.9 Å². The van der Waals surface area contributed by atoms with Gasteiger partial charge in [-0.25, -0.2) is 8.78 Å². The molecule has 9 heteroatoms. The fraction of sp³-hybridized carbons (Fsp3) is 0.222. The second kappa shape index (κ2) is 10.8. The summed E-state index contributed by atoms with van der Waals surface area (Å²) < 4.78 is 26.9. The number of fused-ring (bicyclic) bond motifs is 1. The van der Waals surface area contributed by atoms with E-state index in [1.807, 2.05) is 36.1 Å². The molecule has 1 aliphatic heterocycles. The van der Waals surface area contributed by atoms with E-state index >= 15 is 0 Å². The quantitative estimate of drug-likeness (QED) is 0.329. The van der Waals surface area contributed by atoms with Crippen LogP contribution < -0.4 is 4.90 Å². The number of anilines is 1. The largest absolute Gasteiger partial charge is 0.351 e. The van der Waals surface area contributed by atoms with Gasteiger partial charge in [0.1, 0.15) is 17.3 Å². The zero-order chi connectivity index (χ0) is 24.5. The lowest BCUT2D eigenvalue weighted by Crippen LogP contribution is -2.54. The highest BCUT2D eigenvalue weighted by atomic mass is 35.5. The highest BCUT2D eigenvalue weighted by Crippen LogP contribution is 2.32. The molecule has 1 aromatic heterocycles. The Morgan fingerprint density at radius 3 is 2.42 bits per heavy atom. The molecule has 1 fully saturated rings. The minimum atomic E-state index is -0.497. The van der Waals surface area contributed by atoms with E-state index in [9.17, 15) is 13.6 Å². The molecule has 5 nitrogen and oxygen atoms in total. The average molecular weight is 529 g/mol. The Hall–Kier alpha value is -3.29. The van der Waals surface area contributed by atoms with Crippen molar-refractivity contribution in [3.8, 4) is 11.3 Å². The van der Waals surface area contributed by atoms with Crippen LogP contribution in [0.2, 0.25) is 5.02 Å². The van der Waals surface area contributed by atoms with E-state index in [0.717, 1.165) is 22.2 Å². The molecule has 1 amide bonds. The van der Waals surface area contributed by atoms with Gasteiger partial charge >= 0.3 is 0 Å². The molecule has 0 bridgehead atoms. The summed E-state index contributed by atoms with van der Waals surface area (Å²) >= 11 is 5.87. The SMILES string of the molecule is C[C@H]1CN(c2nnc(-c3ccc(F)cc3)c3ccccc23)CCN1C(=O)Cc1ccc(F)c(Cl)c1.Cl. The predicted octanol–water partition coefficient (Wildman–Crippen LogP) is 5.93. The third kappa shape index (κ3) is 5.13. The van der Waals surface area contributed by atoms with Crippen molar-refractivity contribution in [1.82, 2.24) is 15.1 Å². The number of nitrogens with zero attached hydrogens (tertiary/aromatic N) is 4. The van der Waals surface area contributed by atoms with Crippen LogP contribution in [0.15, 0.2) is 66.7 Å². The first-order chi connectivity index (χ1) is 16.9. The van der Waals surface area contributed by atoms with E-state index in [-0.39, 0.29) is 41.6 Å². The van der Waals surface area contributed by atoms with Crippen molar-refractivity contribution < 1.29 is 13.6 Å². The highest BCUT2D eigenvalue weighted by Gasteiger charge is 2.29. The number of carbonyl (C=O) groups excluding carboxylic acids is 1. The smallest absolute Gasteiger partial charge is 0.227 e. The van der Waals surface area contributed by atoms with Crippen LogP contribution in [0.25, 0.3) is 22.0 Å². The van der Waals surface area contributed by atoms with Gasteiger partial charge in [-0.2, -0.15) is 0 Å². The summed E-state index contributed by atoms with van der Waals surface area (Å²) in [6.07, 6.45) is 0.166. The van der Waals surface area contributed by atoms with Crippen molar-refractivity contribution >= 4 is 46.5 Å². The van der Waals surface area contributed by atoms with Crippen LogP contribution in [0, 0.1) is 11.6 Å². The van der Waals surface area contributed by atoms with Gasteiger partial charge in [0.05, 0.1) is 11.4 Å². The summed E-state index contributed by atoms with van der Waals surface area (Å²) in [6, 6.07) is 18.4. The number of piperazine rings is 1. The van der Waals surface area contributed by atoms with Crippen molar-refractivity contribution in [2.45, 2.75) is 19.4 Å².